The van der Waals surface area contributed by atoms with Crippen molar-refractivity contribution in [2.75, 3.05) is 22.6 Å². The van der Waals surface area contributed by atoms with Crippen molar-refractivity contribution < 1.29 is 23.8 Å². The highest BCUT2D eigenvalue weighted by atomic mass is 32.2. The average molecular weight is 538 g/mol. The smallest absolute Gasteiger partial charge is 0.412 e. The quantitative estimate of drug-likeness (QED) is 0.124. The Kier molecular flexibility index (Phi) is 9.78. The van der Waals surface area contributed by atoms with E-state index in [9.17, 15) is 19.1 Å². The first-order valence-electron chi connectivity index (χ1n) is 12.0. The topological polar surface area (TPSA) is 114 Å². The van der Waals surface area contributed by atoms with Crippen LogP contribution in [0, 0.1) is 11.2 Å². The Morgan fingerprint density at radius 2 is 1.82 bits per heavy atom. The molecule has 9 heteroatoms. The fourth-order valence-corrected chi connectivity index (χ4v) is 4.26. The summed E-state index contributed by atoms with van der Waals surface area (Å²) < 4.78 is 20.0. The van der Waals surface area contributed by atoms with Crippen LogP contribution in [0.3, 0.4) is 0 Å². The molecule has 0 radical (unpaired) electrons. The maximum absolute atomic E-state index is 14.2. The summed E-state index contributed by atoms with van der Waals surface area (Å²) in [7, 11) is 0. The molecule has 5 N–H and O–H groups in total. The third kappa shape index (κ3) is 8.01. The van der Waals surface area contributed by atoms with Gasteiger partial charge in [0.05, 0.1) is 11.4 Å². The van der Waals surface area contributed by atoms with E-state index in [0.29, 0.717) is 35.5 Å². The van der Waals surface area contributed by atoms with Crippen molar-refractivity contribution in [3.8, 4) is 5.75 Å². The minimum atomic E-state index is -0.839. The van der Waals surface area contributed by atoms with Crippen LogP contribution in [0.2, 0.25) is 0 Å². The van der Waals surface area contributed by atoms with Crippen molar-refractivity contribution in [1.82, 2.24) is 0 Å². The van der Waals surface area contributed by atoms with Gasteiger partial charge in [0, 0.05) is 16.0 Å². The highest BCUT2D eigenvalue weighted by molar-refractivity contribution is 7.98. The number of benzene rings is 3. The zero-order valence-corrected chi connectivity index (χ0v) is 22.3. The van der Waals surface area contributed by atoms with Crippen LogP contribution < -0.4 is 16.4 Å². The van der Waals surface area contributed by atoms with E-state index in [1.165, 1.54) is 18.2 Å². The van der Waals surface area contributed by atoms with Gasteiger partial charge < -0.3 is 20.9 Å². The van der Waals surface area contributed by atoms with Crippen molar-refractivity contribution >= 4 is 40.8 Å². The van der Waals surface area contributed by atoms with Crippen molar-refractivity contribution in [2.24, 2.45) is 5.41 Å². The normalized spacial score (nSPS) is 12.2. The Labute approximate surface area is 226 Å². The Hall–Kier alpha value is -3.98. The molecule has 1 atom stereocenters. The lowest BCUT2D eigenvalue weighted by Crippen LogP contribution is -2.29. The van der Waals surface area contributed by atoms with Crippen LogP contribution >= 0.6 is 11.8 Å². The van der Waals surface area contributed by atoms with Crippen LogP contribution in [0.5, 0.6) is 5.75 Å². The van der Waals surface area contributed by atoms with Gasteiger partial charge in [0.15, 0.2) is 11.6 Å². The molecule has 7 nitrogen and oxygen atoms in total. The number of allylic oxidation sites excluding steroid dienone is 1. The minimum absolute atomic E-state index is 0.319. The van der Waals surface area contributed by atoms with Gasteiger partial charge in [-0.15, -0.1) is 11.8 Å². The summed E-state index contributed by atoms with van der Waals surface area (Å²) in [5, 5.41) is 15.1. The van der Waals surface area contributed by atoms with E-state index >= 15 is 0 Å². The lowest BCUT2D eigenvalue weighted by molar-refractivity contribution is -0.111. The zero-order chi connectivity index (χ0) is 27.7. The predicted molar refractivity (Wildman–Crippen MR) is 151 cm³/mol. The van der Waals surface area contributed by atoms with E-state index in [0.717, 1.165) is 11.0 Å². The Morgan fingerprint density at radius 1 is 1.11 bits per heavy atom. The minimum Gasteiger partial charge on any atom is -0.505 e. The van der Waals surface area contributed by atoms with Gasteiger partial charge in [-0.3, -0.25) is 10.1 Å². The Balaban J connectivity index is 1.70. The van der Waals surface area contributed by atoms with Crippen LogP contribution in [-0.4, -0.2) is 23.4 Å². The number of thioether (sulfide) groups is 1. The molecule has 0 spiro atoms. The van der Waals surface area contributed by atoms with Gasteiger partial charge in [0.1, 0.15) is 6.10 Å². The average Bonchev–Trinajstić information content (AvgIpc) is 2.89. The molecule has 0 saturated heterocycles. The van der Waals surface area contributed by atoms with Crippen LogP contribution in [0.15, 0.2) is 83.8 Å². The van der Waals surface area contributed by atoms with Crippen LogP contribution in [0.4, 0.5) is 26.2 Å². The summed E-state index contributed by atoms with van der Waals surface area (Å²) >= 11 is 1.59. The summed E-state index contributed by atoms with van der Waals surface area (Å²) in [6.07, 6.45) is 4.57. The first-order chi connectivity index (χ1) is 18.1. The summed E-state index contributed by atoms with van der Waals surface area (Å²) in [5.74, 6) is -1.62. The fourth-order valence-electron chi connectivity index (χ4n) is 3.86. The molecular formula is C29H32FN3O4S. The third-order valence-electron chi connectivity index (χ3n) is 5.99. The molecule has 2 amide bonds. The number of nitrogens with two attached hydrogens (primary N) is 1. The SMILES string of the molecule is CSc1ccc(NC(=O)O[C@H](c2ccc(O)c(F)c2)C(C)(C)CC/C=C/C(=O)Nc2ccccc2N)cc1. The summed E-state index contributed by atoms with van der Waals surface area (Å²) in [4.78, 5) is 26.1. The van der Waals surface area contributed by atoms with Crippen LogP contribution in [-0.2, 0) is 9.53 Å². The Bertz CT molecular complexity index is 1300. The second kappa shape index (κ2) is 13.0. The number of hydrogen-bond acceptors (Lipinski definition) is 6. The summed E-state index contributed by atoms with van der Waals surface area (Å²) in [6, 6.07) is 18.2. The van der Waals surface area contributed by atoms with Gasteiger partial charge >= 0.3 is 6.09 Å². The van der Waals surface area contributed by atoms with Crippen molar-refractivity contribution in [2.45, 2.75) is 37.7 Å². The highest BCUT2D eigenvalue weighted by Crippen LogP contribution is 2.41. The monoisotopic (exact) mass is 537 g/mol. The van der Waals surface area contributed by atoms with E-state index in [-0.39, 0.29) is 5.91 Å². The van der Waals surface area contributed by atoms with Crippen molar-refractivity contribution in [3.63, 3.8) is 0 Å². The first-order valence-corrected chi connectivity index (χ1v) is 13.2. The zero-order valence-electron chi connectivity index (χ0n) is 21.5. The molecule has 0 fully saturated rings. The lowest BCUT2D eigenvalue weighted by Gasteiger charge is -2.34. The molecule has 200 valence electrons. The maximum Gasteiger partial charge on any atom is 0.412 e. The maximum atomic E-state index is 14.2. The highest BCUT2D eigenvalue weighted by Gasteiger charge is 2.34. The number of anilines is 3. The molecule has 0 aliphatic carbocycles. The van der Waals surface area contributed by atoms with Gasteiger partial charge in [-0.25, -0.2) is 9.18 Å². The largest absolute Gasteiger partial charge is 0.505 e. The molecule has 3 rings (SSSR count). The molecule has 0 aromatic heterocycles. The van der Waals surface area contributed by atoms with E-state index < -0.39 is 29.2 Å². The number of halogens is 1. The number of rotatable bonds is 10. The van der Waals surface area contributed by atoms with Crippen LogP contribution in [0.1, 0.15) is 38.4 Å². The molecular weight excluding hydrogens is 505 g/mol. The first kappa shape index (κ1) is 28.6. The molecule has 0 saturated carbocycles. The molecule has 3 aromatic rings. The van der Waals surface area contributed by atoms with Gasteiger partial charge in [0.25, 0.3) is 0 Å². The van der Waals surface area contributed by atoms with E-state index in [2.05, 4.69) is 10.6 Å². The number of ether oxygens (including phenoxy) is 1. The molecule has 0 aliphatic heterocycles. The third-order valence-corrected chi connectivity index (χ3v) is 6.73. The van der Waals surface area contributed by atoms with Crippen molar-refractivity contribution in [1.29, 1.82) is 0 Å². The fraction of sp³-hybridized carbons (Fsp3) is 0.241. The van der Waals surface area contributed by atoms with Crippen LogP contribution in [0.25, 0.3) is 0 Å². The molecule has 0 bridgehead atoms. The summed E-state index contributed by atoms with van der Waals surface area (Å²) in [6.45, 7) is 3.78. The lowest BCUT2D eigenvalue weighted by atomic mass is 9.78. The second-order valence-electron chi connectivity index (χ2n) is 9.36. The number of para-hydroxylation sites is 2. The second-order valence-corrected chi connectivity index (χ2v) is 10.2. The van der Waals surface area contributed by atoms with Gasteiger partial charge in [-0.1, -0.05) is 38.1 Å². The van der Waals surface area contributed by atoms with E-state index in [1.807, 2.05) is 32.2 Å². The Morgan fingerprint density at radius 3 is 2.47 bits per heavy atom. The predicted octanol–water partition coefficient (Wildman–Crippen LogP) is 7.13. The number of aromatic hydroxyl groups is 1. The number of carbonyl (C=O) groups excluding carboxylic acids is 2. The van der Waals surface area contributed by atoms with Gasteiger partial charge in [-0.05, 0) is 79.3 Å². The summed E-state index contributed by atoms with van der Waals surface area (Å²) in [5.41, 5.74) is 7.16. The molecule has 0 unspecified atom stereocenters. The molecule has 38 heavy (non-hydrogen) atoms. The molecule has 0 heterocycles. The van der Waals surface area contributed by atoms with Gasteiger partial charge in [-0.2, -0.15) is 0 Å². The molecule has 3 aromatic carbocycles. The standard InChI is InChI=1S/C29H32FN3O4S/c1-29(2,17-7-6-10-26(35)33-24-9-5-4-8-23(24)31)27(19-11-16-25(34)22(30)18-19)37-28(36)32-20-12-14-21(38-3)15-13-20/h4-6,8-16,18,27,34H,7,17,31H2,1-3H3,(H,32,36)(H,33,35)/b10-6+/t27-/m1/s1. The number of phenolic OH excluding ortho intramolecular Hbond substituents is 1. The number of hydrogen-bond donors (Lipinski definition) is 4. The van der Waals surface area contributed by atoms with E-state index in [4.69, 9.17) is 10.5 Å². The number of amides is 2. The number of nitrogens with one attached hydrogen (secondary N) is 2. The van der Waals surface area contributed by atoms with Crippen molar-refractivity contribution in [3.05, 3.63) is 90.3 Å². The number of phenols is 1. The molecule has 0 aliphatic rings. The number of carbonyl (C=O) groups is 2. The number of nitrogen functional groups attached to an aromatic ring is 1. The van der Waals surface area contributed by atoms with E-state index in [1.54, 1.807) is 54.2 Å². The van der Waals surface area contributed by atoms with Gasteiger partial charge in [0.2, 0.25) is 5.91 Å².